The topological polar surface area (TPSA) is 80.0 Å². The predicted octanol–water partition coefficient (Wildman–Crippen LogP) is 2.76. The molecule has 0 bridgehead atoms. The van der Waals surface area contributed by atoms with E-state index in [-0.39, 0.29) is 5.95 Å². The Morgan fingerprint density at radius 1 is 1.19 bits per heavy atom. The molecule has 0 saturated carbocycles. The predicted molar refractivity (Wildman–Crippen MR) is 85.2 cm³/mol. The molecule has 21 heavy (non-hydrogen) atoms. The van der Waals surface area contributed by atoms with Gasteiger partial charge in [-0.05, 0) is 37.5 Å². The van der Waals surface area contributed by atoms with Crippen molar-refractivity contribution in [2.75, 3.05) is 29.0 Å². The smallest absolute Gasteiger partial charge is 0.233 e. The molecular formula is C14H17ClN6. The molecule has 1 saturated heterocycles. The summed E-state index contributed by atoms with van der Waals surface area (Å²) in [5, 5.41) is 3.82. The van der Waals surface area contributed by atoms with Gasteiger partial charge in [-0.25, -0.2) is 0 Å². The van der Waals surface area contributed by atoms with E-state index in [0.717, 1.165) is 37.2 Å². The minimum Gasteiger partial charge on any atom is -0.368 e. The van der Waals surface area contributed by atoms with Crippen LogP contribution in [-0.2, 0) is 0 Å². The Morgan fingerprint density at radius 2 is 1.95 bits per heavy atom. The van der Waals surface area contributed by atoms with Crippen molar-refractivity contribution < 1.29 is 0 Å². The SMILES string of the molecule is Cc1ccc(Cl)cc1Nc1nc(N)nc(N2CCCC2)n1. The summed E-state index contributed by atoms with van der Waals surface area (Å²) < 4.78 is 0. The molecule has 0 aliphatic carbocycles. The molecule has 0 radical (unpaired) electrons. The molecule has 7 heteroatoms. The normalized spacial score (nSPS) is 14.5. The number of benzene rings is 1. The van der Waals surface area contributed by atoms with Gasteiger partial charge in [-0.1, -0.05) is 17.7 Å². The first-order chi connectivity index (χ1) is 10.1. The maximum Gasteiger partial charge on any atom is 0.233 e. The number of halogens is 1. The highest BCUT2D eigenvalue weighted by atomic mass is 35.5. The minimum atomic E-state index is 0.217. The van der Waals surface area contributed by atoms with Gasteiger partial charge in [0.15, 0.2) is 0 Å². The third kappa shape index (κ3) is 3.16. The zero-order valence-corrected chi connectivity index (χ0v) is 12.6. The molecule has 0 atom stereocenters. The number of hydrogen-bond donors (Lipinski definition) is 2. The zero-order valence-electron chi connectivity index (χ0n) is 11.8. The summed E-state index contributed by atoms with van der Waals surface area (Å²) in [7, 11) is 0. The Morgan fingerprint density at radius 3 is 2.71 bits per heavy atom. The van der Waals surface area contributed by atoms with Crippen molar-refractivity contribution >= 4 is 35.1 Å². The molecule has 1 aromatic heterocycles. The van der Waals surface area contributed by atoms with Crippen LogP contribution in [0.5, 0.6) is 0 Å². The van der Waals surface area contributed by atoms with E-state index in [1.165, 1.54) is 0 Å². The van der Waals surface area contributed by atoms with Crippen molar-refractivity contribution in [2.45, 2.75) is 19.8 Å². The standard InChI is InChI=1S/C14H17ClN6/c1-9-4-5-10(15)8-11(9)17-13-18-12(16)19-14(20-13)21-6-2-3-7-21/h4-5,8H,2-3,6-7H2,1H3,(H3,16,17,18,19,20). The third-order valence-electron chi connectivity index (χ3n) is 3.48. The molecule has 1 fully saturated rings. The summed E-state index contributed by atoms with van der Waals surface area (Å²) in [5.74, 6) is 1.28. The van der Waals surface area contributed by atoms with Gasteiger partial charge in [-0.2, -0.15) is 15.0 Å². The molecule has 1 aromatic carbocycles. The van der Waals surface area contributed by atoms with Crippen molar-refractivity contribution in [2.24, 2.45) is 0 Å². The van der Waals surface area contributed by atoms with E-state index < -0.39 is 0 Å². The van der Waals surface area contributed by atoms with Gasteiger partial charge in [0.2, 0.25) is 17.8 Å². The van der Waals surface area contributed by atoms with Crippen LogP contribution in [0, 0.1) is 6.92 Å². The highest BCUT2D eigenvalue weighted by Gasteiger charge is 2.17. The second-order valence-corrected chi connectivity index (χ2v) is 5.53. The first-order valence-corrected chi connectivity index (χ1v) is 7.29. The first-order valence-electron chi connectivity index (χ1n) is 6.91. The average molecular weight is 305 g/mol. The molecule has 2 aromatic rings. The first kappa shape index (κ1) is 13.9. The van der Waals surface area contributed by atoms with Gasteiger partial charge in [0.05, 0.1) is 0 Å². The number of nitrogens with zero attached hydrogens (tertiary/aromatic N) is 4. The number of aryl methyl sites for hydroxylation is 1. The van der Waals surface area contributed by atoms with Crippen LogP contribution < -0.4 is 16.0 Å². The second kappa shape index (κ2) is 5.73. The number of hydrogen-bond acceptors (Lipinski definition) is 6. The average Bonchev–Trinajstić information content (AvgIpc) is 2.96. The zero-order chi connectivity index (χ0) is 14.8. The number of nitrogens with one attached hydrogen (secondary N) is 1. The number of nitrogen functional groups attached to an aromatic ring is 1. The Labute approximate surface area is 128 Å². The number of anilines is 4. The summed E-state index contributed by atoms with van der Waals surface area (Å²) in [5.41, 5.74) is 7.71. The molecule has 110 valence electrons. The van der Waals surface area contributed by atoms with E-state index >= 15 is 0 Å². The van der Waals surface area contributed by atoms with E-state index in [2.05, 4.69) is 25.2 Å². The molecule has 2 heterocycles. The van der Waals surface area contributed by atoms with Gasteiger partial charge in [0.25, 0.3) is 0 Å². The molecule has 3 rings (SSSR count). The van der Waals surface area contributed by atoms with Crippen molar-refractivity contribution in [3.63, 3.8) is 0 Å². The number of rotatable bonds is 3. The van der Waals surface area contributed by atoms with Crippen LogP contribution in [0.1, 0.15) is 18.4 Å². The van der Waals surface area contributed by atoms with E-state index in [0.29, 0.717) is 16.9 Å². The lowest BCUT2D eigenvalue weighted by atomic mass is 10.2. The molecule has 0 spiro atoms. The maximum atomic E-state index is 6.02. The lowest BCUT2D eigenvalue weighted by Crippen LogP contribution is -2.22. The Kier molecular flexibility index (Phi) is 3.79. The third-order valence-corrected chi connectivity index (χ3v) is 3.71. The van der Waals surface area contributed by atoms with Crippen molar-refractivity contribution in [3.8, 4) is 0 Å². The fourth-order valence-electron chi connectivity index (χ4n) is 2.34. The summed E-state index contributed by atoms with van der Waals surface area (Å²) in [4.78, 5) is 14.9. The molecule has 1 aliphatic rings. The highest BCUT2D eigenvalue weighted by Crippen LogP contribution is 2.24. The van der Waals surface area contributed by atoms with Crippen LogP contribution in [-0.4, -0.2) is 28.0 Å². The largest absolute Gasteiger partial charge is 0.368 e. The lowest BCUT2D eigenvalue weighted by molar-refractivity contribution is 0.887. The van der Waals surface area contributed by atoms with Gasteiger partial charge in [0.1, 0.15) is 0 Å². The van der Waals surface area contributed by atoms with E-state index in [9.17, 15) is 0 Å². The van der Waals surface area contributed by atoms with Crippen LogP contribution >= 0.6 is 11.6 Å². The minimum absolute atomic E-state index is 0.217. The van der Waals surface area contributed by atoms with Crippen LogP contribution in [0.3, 0.4) is 0 Å². The fraction of sp³-hybridized carbons (Fsp3) is 0.357. The van der Waals surface area contributed by atoms with Gasteiger partial charge >= 0.3 is 0 Å². The van der Waals surface area contributed by atoms with Gasteiger partial charge in [-0.15, -0.1) is 0 Å². The monoisotopic (exact) mass is 304 g/mol. The summed E-state index contributed by atoms with van der Waals surface area (Å²) in [6.07, 6.45) is 2.31. The van der Waals surface area contributed by atoms with Crippen LogP contribution in [0.25, 0.3) is 0 Å². The maximum absolute atomic E-state index is 6.02. The number of nitrogens with two attached hydrogens (primary N) is 1. The van der Waals surface area contributed by atoms with Crippen LogP contribution in [0.4, 0.5) is 23.5 Å². The van der Waals surface area contributed by atoms with Gasteiger partial charge in [-0.3, -0.25) is 0 Å². The molecule has 6 nitrogen and oxygen atoms in total. The Hall–Kier alpha value is -2.08. The summed E-state index contributed by atoms with van der Waals surface area (Å²) in [6.45, 7) is 3.91. The fourth-order valence-corrected chi connectivity index (χ4v) is 2.52. The molecular weight excluding hydrogens is 288 g/mol. The summed E-state index contributed by atoms with van der Waals surface area (Å²) >= 11 is 6.02. The van der Waals surface area contributed by atoms with E-state index in [1.807, 2.05) is 25.1 Å². The number of aromatic nitrogens is 3. The highest BCUT2D eigenvalue weighted by molar-refractivity contribution is 6.30. The molecule has 3 N–H and O–H groups in total. The van der Waals surface area contributed by atoms with Crippen molar-refractivity contribution in [1.29, 1.82) is 0 Å². The van der Waals surface area contributed by atoms with Crippen LogP contribution in [0.15, 0.2) is 18.2 Å². The van der Waals surface area contributed by atoms with Crippen molar-refractivity contribution in [3.05, 3.63) is 28.8 Å². The second-order valence-electron chi connectivity index (χ2n) is 5.10. The summed E-state index contributed by atoms with van der Waals surface area (Å²) in [6, 6.07) is 5.63. The van der Waals surface area contributed by atoms with E-state index in [1.54, 1.807) is 0 Å². The Balaban J connectivity index is 1.89. The van der Waals surface area contributed by atoms with Crippen molar-refractivity contribution in [1.82, 2.24) is 15.0 Å². The lowest BCUT2D eigenvalue weighted by Gasteiger charge is -2.16. The van der Waals surface area contributed by atoms with Gasteiger partial charge in [0, 0.05) is 23.8 Å². The van der Waals surface area contributed by atoms with Crippen LogP contribution in [0.2, 0.25) is 5.02 Å². The van der Waals surface area contributed by atoms with E-state index in [4.69, 9.17) is 17.3 Å². The molecule has 1 aliphatic heterocycles. The Bertz CT molecular complexity index is 654. The molecule has 0 unspecified atom stereocenters. The quantitative estimate of drug-likeness (QED) is 0.907. The molecule has 0 amide bonds. The van der Waals surface area contributed by atoms with Gasteiger partial charge < -0.3 is 16.0 Å².